The quantitative estimate of drug-likeness (QED) is 0.710. The Labute approximate surface area is 156 Å². The minimum Gasteiger partial charge on any atom is -0.444 e. The molecule has 26 heavy (non-hydrogen) atoms. The lowest BCUT2D eigenvalue weighted by molar-refractivity contribution is -0.0260. The van der Waals surface area contributed by atoms with Crippen molar-refractivity contribution in [2.24, 2.45) is 5.92 Å². The normalized spacial score (nSPS) is 25.5. The highest BCUT2D eigenvalue weighted by Gasteiger charge is 2.44. The molecule has 4 nitrogen and oxygen atoms in total. The van der Waals surface area contributed by atoms with Crippen LogP contribution in [-0.2, 0) is 4.74 Å². The predicted octanol–water partition coefficient (Wildman–Crippen LogP) is 5.08. The number of hydrogen-bond acceptors (Lipinski definition) is 3. The molecule has 4 heteroatoms. The van der Waals surface area contributed by atoms with Crippen molar-refractivity contribution in [2.45, 2.75) is 70.6 Å². The van der Waals surface area contributed by atoms with Crippen molar-refractivity contribution < 1.29 is 14.3 Å². The Kier molecular flexibility index (Phi) is 5.22. The van der Waals surface area contributed by atoms with E-state index >= 15 is 0 Å². The number of hydrogen-bond donors (Lipinski definition) is 0. The highest BCUT2D eigenvalue weighted by atomic mass is 16.6. The maximum Gasteiger partial charge on any atom is 0.410 e. The topological polar surface area (TPSA) is 46.6 Å². The van der Waals surface area contributed by atoms with Crippen LogP contribution in [0.5, 0.6) is 0 Å². The fraction of sp³-hybridized carbons (Fsp3) is 0.545. The van der Waals surface area contributed by atoms with Crippen LogP contribution in [0, 0.1) is 5.92 Å². The number of carbonyl (C=O) groups excluding carboxylic acids is 2. The Morgan fingerprint density at radius 3 is 2.35 bits per heavy atom. The Morgan fingerprint density at radius 1 is 1.15 bits per heavy atom. The summed E-state index contributed by atoms with van der Waals surface area (Å²) in [6.45, 7) is 9.50. The van der Waals surface area contributed by atoms with E-state index in [1.165, 1.54) is 0 Å². The fourth-order valence-electron chi connectivity index (χ4n) is 4.33. The summed E-state index contributed by atoms with van der Waals surface area (Å²) in [4.78, 5) is 27.7. The summed E-state index contributed by atoms with van der Waals surface area (Å²) in [5.74, 6) is 0.145. The van der Waals surface area contributed by atoms with E-state index in [4.69, 9.17) is 4.74 Å². The van der Waals surface area contributed by atoms with Crippen molar-refractivity contribution >= 4 is 18.0 Å². The molecule has 2 aliphatic heterocycles. The molecule has 2 unspecified atom stereocenters. The third-order valence-electron chi connectivity index (χ3n) is 5.40. The van der Waals surface area contributed by atoms with Gasteiger partial charge in [0.15, 0.2) is 5.78 Å². The van der Waals surface area contributed by atoms with Gasteiger partial charge in [-0.25, -0.2) is 4.79 Å². The Morgan fingerprint density at radius 2 is 1.77 bits per heavy atom. The van der Waals surface area contributed by atoms with Crippen LogP contribution in [0.15, 0.2) is 30.8 Å². The summed E-state index contributed by atoms with van der Waals surface area (Å²) < 4.78 is 5.62. The molecule has 2 saturated heterocycles. The molecule has 0 N–H and O–H groups in total. The monoisotopic (exact) mass is 355 g/mol. The third kappa shape index (κ3) is 3.84. The number of piperidine rings is 2. The van der Waals surface area contributed by atoms with Gasteiger partial charge < -0.3 is 9.64 Å². The van der Waals surface area contributed by atoms with Crippen molar-refractivity contribution in [3.63, 3.8) is 0 Å². The van der Waals surface area contributed by atoms with Gasteiger partial charge in [-0.05, 0) is 58.4 Å². The second kappa shape index (κ2) is 7.26. The van der Waals surface area contributed by atoms with E-state index in [0.29, 0.717) is 0 Å². The summed E-state index contributed by atoms with van der Waals surface area (Å²) in [6.07, 6.45) is 5.96. The van der Waals surface area contributed by atoms with Crippen LogP contribution in [-0.4, -0.2) is 34.5 Å². The van der Waals surface area contributed by atoms with Gasteiger partial charge in [-0.2, -0.15) is 0 Å². The van der Waals surface area contributed by atoms with Gasteiger partial charge >= 0.3 is 6.09 Å². The van der Waals surface area contributed by atoms with Crippen molar-refractivity contribution in [1.82, 2.24) is 4.90 Å². The van der Waals surface area contributed by atoms with Crippen LogP contribution < -0.4 is 0 Å². The lowest BCUT2D eigenvalue weighted by Crippen LogP contribution is -2.56. The largest absolute Gasteiger partial charge is 0.444 e. The summed E-state index contributed by atoms with van der Waals surface area (Å²) in [5, 5.41) is 0. The first-order chi connectivity index (χ1) is 12.3. The molecule has 1 aromatic carbocycles. The van der Waals surface area contributed by atoms with Crippen molar-refractivity contribution in [1.29, 1.82) is 0 Å². The molecule has 2 heterocycles. The van der Waals surface area contributed by atoms with Gasteiger partial charge in [0.25, 0.3) is 0 Å². The lowest BCUT2D eigenvalue weighted by Gasteiger charge is -2.48. The molecule has 1 amide bonds. The molecule has 0 saturated carbocycles. The van der Waals surface area contributed by atoms with Gasteiger partial charge in [-0.15, -0.1) is 0 Å². The second-order valence-corrected chi connectivity index (χ2v) is 8.45. The summed E-state index contributed by atoms with van der Waals surface area (Å²) in [5.41, 5.74) is 1.13. The zero-order valence-electron chi connectivity index (χ0n) is 16.0. The maximum absolute atomic E-state index is 13.1. The molecule has 0 aromatic heterocycles. The number of ketones is 1. The zero-order chi connectivity index (χ0) is 18.9. The molecule has 0 aliphatic carbocycles. The van der Waals surface area contributed by atoms with Crippen molar-refractivity contribution in [2.75, 3.05) is 0 Å². The van der Waals surface area contributed by atoms with Gasteiger partial charge in [0.1, 0.15) is 5.60 Å². The lowest BCUT2D eigenvalue weighted by atomic mass is 9.75. The molecule has 1 aromatic rings. The Balaban J connectivity index is 1.78. The van der Waals surface area contributed by atoms with Crippen LogP contribution >= 0.6 is 0 Å². The fourth-order valence-corrected chi connectivity index (χ4v) is 4.33. The number of Topliss-reactive ketones (excluding diaryl/α,β-unsaturated/α-hetero) is 1. The van der Waals surface area contributed by atoms with Gasteiger partial charge in [0, 0.05) is 23.6 Å². The Bertz CT molecular complexity index is 690. The minimum atomic E-state index is -0.499. The minimum absolute atomic E-state index is 0.0370. The maximum atomic E-state index is 13.1. The highest BCUT2D eigenvalue weighted by molar-refractivity contribution is 6.01. The summed E-state index contributed by atoms with van der Waals surface area (Å²) >= 11 is 0. The Hall–Kier alpha value is -2.10. The molecule has 0 spiro atoms. The van der Waals surface area contributed by atoms with Crippen LogP contribution in [0.1, 0.15) is 68.8 Å². The number of fused-ring (bicyclic) bond motifs is 2. The SMILES string of the molecule is C=Cc1ccccc1C(=O)C1CC2CCCC(C1)N2C(=O)OC(C)(C)C. The molecule has 0 radical (unpaired) electrons. The average Bonchev–Trinajstić information content (AvgIpc) is 2.58. The van der Waals surface area contributed by atoms with Crippen LogP contribution in [0.25, 0.3) is 6.08 Å². The number of nitrogens with zero attached hydrogens (tertiary/aromatic N) is 1. The first kappa shape index (κ1) is 18.7. The standard InChI is InChI=1S/C22H29NO3/c1-5-15-9-6-7-12-19(15)20(24)16-13-17-10-8-11-18(14-16)23(17)21(25)26-22(2,3)4/h5-7,9,12,16-18H,1,8,10-11,13-14H2,2-4H3. The van der Waals surface area contributed by atoms with E-state index in [2.05, 4.69) is 6.58 Å². The molecule has 2 bridgehead atoms. The van der Waals surface area contributed by atoms with Gasteiger partial charge in [0.05, 0.1) is 0 Å². The molecular formula is C22H29NO3. The predicted molar refractivity (Wildman–Crippen MR) is 103 cm³/mol. The summed E-state index contributed by atoms with van der Waals surface area (Å²) in [6, 6.07) is 7.83. The van der Waals surface area contributed by atoms with E-state index in [0.717, 1.165) is 43.2 Å². The van der Waals surface area contributed by atoms with E-state index in [-0.39, 0.29) is 29.9 Å². The van der Waals surface area contributed by atoms with E-state index in [9.17, 15) is 9.59 Å². The van der Waals surface area contributed by atoms with E-state index < -0.39 is 5.60 Å². The zero-order valence-corrected chi connectivity index (χ0v) is 16.0. The molecule has 3 rings (SSSR count). The van der Waals surface area contributed by atoms with Gasteiger partial charge in [-0.1, -0.05) is 36.9 Å². The molecule has 2 fully saturated rings. The highest BCUT2D eigenvalue weighted by Crippen LogP contribution is 2.39. The smallest absolute Gasteiger partial charge is 0.410 e. The number of amides is 1. The van der Waals surface area contributed by atoms with Gasteiger partial charge in [-0.3, -0.25) is 4.79 Å². The molecule has 2 aliphatic rings. The van der Waals surface area contributed by atoms with E-state index in [1.807, 2.05) is 49.9 Å². The molecule has 140 valence electrons. The first-order valence-corrected chi connectivity index (χ1v) is 9.57. The number of carbonyl (C=O) groups is 2. The van der Waals surface area contributed by atoms with Crippen LogP contribution in [0.3, 0.4) is 0 Å². The molecular weight excluding hydrogens is 326 g/mol. The first-order valence-electron chi connectivity index (χ1n) is 9.57. The molecule has 2 atom stereocenters. The number of ether oxygens (including phenoxy) is 1. The van der Waals surface area contributed by atoms with Crippen LogP contribution in [0.2, 0.25) is 0 Å². The number of rotatable bonds is 3. The average molecular weight is 355 g/mol. The second-order valence-electron chi connectivity index (χ2n) is 8.45. The van der Waals surface area contributed by atoms with Crippen LogP contribution in [0.4, 0.5) is 4.79 Å². The van der Waals surface area contributed by atoms with Crippen molar-refractivity contribution in [3.8, 4) is 0 Å². The van der Waals surface area contributed by atoms with Crippen molar-refractivity contribution in [3.05, 3.63) is 42.0 Å². The van der Waals surface area contributed by atoms with E-state index in [1.54, 1.807) is 6.08 Å². The summed E-state index contributed by atoms with van der Waals surface area (Å²) in [7, 11) is 0. The number of benzene rings is 1. The van der Waals surface area contributed by atoms with Gasteiger partial charge in [0.2, 0.25) is 0 Å². The third-order valence-corrected chi connectivity index (χ3v) is 5.40.